The fourth-order valence-electron chi connectivity index (χ4n) is 1.18. The zero-order valence-corrected chi connectivity index (χ0v) is 11.0. The molecule has 0 spiro atoms. The number of nitro groups is 1. The second kappa shape index (κ2) is 7.47. The lowest BCUT2D eigenvalue weighted by molar-refractivity contribution is -0.384. The Balaban J connectivity index is 0.000000283. The molecule has 0 atom stereocenters. The number of nitrogens with two attached hydrogens (primary N) is 3. The number of methoxy groups -OCH3 is 2. The number of ether oxygens (including phenoxy) is 2. The topological polar surface area (TPSA) is 165 Å². The largest absolute Gasteiger partial charge is 0.481 e. The van der Waals surface area contributed by atoms with Crippen molar-refractivity contribution < 1.29 is 22.6 Å². The first kappa shape index (κ1) is 9.60. The van der Waals surface area contributed by atoms with Crippen molar-refractivity contribution in [1.82, 2.24) is 9.97 Å². The van der Waals surface area contributed by atoms with Crippen molar-refractivity contribution in [1.29, 1.82) is 0 Å². The van der Waals surface area contributed by atoms with Gasteiger partial charge in [-0.25, -0.2) is 0 Å². The second-order valence-corrected chi connectivity index (χ2v) is 3.64. The molecule has 0 saturated carbocycles. The molecular weight excluding hydrogens is 292 g/mol. The Bertz CT molecular complexity index is 844. The summed E-state index contributed by atoms with van der Waals surface area (Å²) in [6, 6.07) is 4.88. The number of hydrogen-bond acceptors (Lipinski definition) is 9. The highest BCUT2D eigenvalue weighted by molar-refractivity contribution is 5.58. The molecule has 118 valence electrons. The summed E-state index contributed by atoms with van der Waals surface area (Å²) in [5.74, 6) is -0.673. The van der Waals surface area contributed by atoms with Crippen molar-refractivity contribution in [2.75, 3.05) is 31.3 Å². The van der Waals surface area contributed by atoms with Gasteiger partial charge in [0.15, 0.2) is 5.82 Å². The van der Waals surface area contributed by atoms with E-state index in [1.54, 1.807) is 0 Å². The molecule has 6 N–H and O–H groups in total. The minimum absolute atomic E-state index is 0.0572. The van der Waals surface area contributed by atoms with Crippen LogP contribution in [0, 0.1) is 10.1 Å². The standard InChI is InChI=1S/C6H7N3O3.C6H9N3O/c1-12-5-3-2-4(9(10)11)6(7)8-5;1-10-5-3-2-4(7)6(8)9-5/h2-3H,1H3,(H2,7,8);2-3H,7H2,1H3,(H2,8,9)/i2*1D3. The van der Waals surface area contributed by atoms with E-state index >= 15 is 0 Å². The van der Waals surface area contributed by atoms with E-state index in [-0.39, 0.29) is 29.1 Å². The monoisotopic (exact) mass is 314 g/mol. The number of hydrogen-bond donors (Lipinski definition) is 3. The van der Waals surface area contributed by atoms with Gasteiger partial charge in [-0.2, -0.15) is 9.97 Å². The van der Waals surface area contributed by atoms with Gasteiger partial charge in [0.1, 0.15) is 0 Å². The Morgan fingerprint density at radius 2 is 1.59 bits per heavy atom. The van der Waals surface area contributed by atoms with E-state index < -0.39 is 24.7 Å². The molecule has 2 heterocycles. The van der Waals surface area contributed by atoms with E-state index in [2.05, 4.69) is 19.4 Å². The van der Waals surface area contributed by atoms with Gasteiger partial charge in [0, 0.05) is 18.2 Å². The molecule has 0 radical (unpaired) electrons. The number of rotatable bonds is 3. The molecular formula is C12H16N6O4. The fraction of sp³-hybridized carbons (Fsp3) is 0.167. The van der Waals surface area contributed by atoms with Crippen molar-refractivity contribution in [3.05, 3.63) is 34.4 Å². The van der Waals surface area contributed by atoms with Gasteiger partial charge in [-0.15, -0.1) is 0 Å². The minimum atomic E-state index is -2.66. The van der Waals surface area contributed by atoms with Crippen LogP contribution in [0.2, 0.25) is 0 Å². The lowest BCUT2D eigenvalue weighted by Gasteiger charge is -2.00. The predicted octanol–water partition coefficient (Wildman–Crippen LogP) is 0.835. The van der Waals surface area contributed by atoms with Gasteiger partial charge in [-0.1, -0.05) is 0 Å². The van der Waals surface area contributed by atoms with Crippen LogP contribution in [0.5, 0.6) is 11.8 Å². The summed E-state index contributed by atoms with van der Waals surface area (Å²) < 4.78 is 49.6. The second-order valence-electron chi connectivity index (χ2n) is 3.64. The number of aromatic nitrogens is 2. The molecule has 0 amide bonds. The SMILES string of the molecule is [2H]C([2H])([2H])Oc1ccc(N)c(N)n1.[2H]C([2H])([2H])Oc1ccc([N+](=O)[O-])c(N)n1. The Morgan fingerprint density at radius 1 is 1.05 bits per heavy atom. The van der Waals surface area contributed by atoms with Gasteiger partial charge in [-0.3, -0.25) is 10.1 Å². The summed E-state index contributed by atoms with van der Waals surface area (Å²) in [6.07, 6.45) is 0. The third-order valence-corrected chi connectivity index (χ3v) is 2.21. The van der Waals surface area contributed by atoms with Crippen molar-refractivity contribution >= 4 is 23.0 Å². The van der Waals surface area contributed by atoms with Gasteiger partial charge < -0.3 is 26.7 Å². The molecule has 10 heteroatoms. The van der Waals surface area contributed by atoms with Gasteiger partial charge in [-0.05, 0) is 6.07 Å². The molecule has 0 saturated heterocycles. The first-order chi connectivity index (χ1) is 12.7. The molecule has 0 aliphatic carbocycles. The van der Waals surface area contributed by atoms with Crippen LogP contribution in [0.3, 0.4) is 0 Å². The summed E-state index contributed by atoms with van der Waals surface area (Å²) >= 11 is 0. The molecule has 2 rings (SSSR count). The molecule has 0 fully saturated rings. The van der Waals surface area contributed by atoms with Crippen molar-refractivity contribution in [2.24, 2.45) is 0 Å². The first-order valence-corrected chi connectivity index (χ1v) is 5.49. The molecule has 0 unspecified atom stereocenters. The fourth-order valence-corrected chi connectivity index (χ4v) is 1.18. The van der Waals surface area contributed by atoms with Crippen LogP contribution in [-0.4, -0.2) is 29.0 Å². The summed E-state index contributed by atoms with van der Waals surface area (Å²) in [7, 11) is -5.18. The zero-order valence-electron chi connectivity index (χ0n) is 17.0. The van der Waals surface area contributed by atoms with Gasteiger partial charge in [0.05, 0.1) is 32.9 Å². The van der Waals surface area contributed by atoms with Crippen LogP contribution >= 0.6 is 0 Å². The smallest absolute Gasteiger partial charge is 0.311 e. The maximum atomic E-state index is 10.4. The number of nitrogens with zero attached hydrogens (tertiary/aromatic N) is 3. The van der Waals surface area contributed by atoms with Gasteiger partial charge >= 0.3 is 5.69 Å². The highest BCUT2D eigenvalue weighted by Gasteiger charge is 2.12. The Kier molecular flexibility index (Phi) is 3.26. The van der Waals surface area contributed by atoms with Gasteiger partial charge in [0.25, 0.3) is 0 Å². The van der Waals surface area contributed by atoms with Crippen LogP contribution < -0.4 is 26.7 Å². The highest BCUT2D eigenvalue weighted by Crippen LogP contribution is 2.21. The van der Waals surface area contributed by atoms with Crippen LogP contribution in [0.15, 0.2) is 24.3 Å². The number of anilines is 3. The maximum absolute atomic E-state index is 10.4. The highest BCUT2D eigenvalue weighted by atomic mass is 16.6. The van der Waals surface area contributed by atoms with E-state index in [4.69, 9.17) is 25.4 Å². The molecule has 10 nitrogen and oxygen atoms in total. The quantitative estimate of drug-likeness (QED) is 0.549. The summed E-state index contributed by atoms with van der Waals surface area (Å²) in [5, 5.41) is 10.4. The van der Waals surface area contributed by atoms with Crippen LogP contribution in [-0.2, 0) is 0 Å². The molecule has 22 heavy (non-hydrogen) atoms. The predicted molar refractivity (Wildman–Crippen MR) is 81.5 cm³/mol. The number of nitrogen functional groups attached to an aromatic ring is 3. The van der Waals surface area contributed by atoms with E-state index in [1.807, 2.05) is 0 Å². The zero-order chi connectivity index (χ0) is 21.7. The average molecular weight is 314 g/mol. The van der Waals surface area contributed by atoms with E-state index in [0.717, 1.165) is 12.1 Å². The van der Waals surface area contributed by atoms with Crippen LogP contribution in [0.25, 0.3) is 0 Å². The Hall–Kier alpha value is -3.30. The summed E-state index contributed by atoms with van der Waals surface area (Å²) in [6.45, 7) is 0. The van der Waals surface area contributed by atoms with Crippen molar-refractivity contribution in [3.8, 4) is 11.8 Å². The Morgan fingerprint density at radius 3 is 2.05 bits per heavy atom. The van der Waals surface area contributed by atoms with E-state index in [0.29, 0.717) is 0 Å². The number of pyridine rings is 2. The van der Waals surface area contributed by atoms with E-state index in [9.17, 15) is 10.1 Å². The maximum Gasteiger partial charge on any atom is 0.311 e. The molecule has 0 bridgehead atoms. The third kappa shape index (κ3) is 4.37. The first-order valence-electron chi connectivity index (χ1n) is 8.49. The van der Waals surface area contributed by atoms with Gasteiger partial charge in [0.2, 0.25) is 17.6 Å². The van der Waals surface area contributed by atoms with Crippen molar-refractivity contribution in [2.45, 2.75) is 0 Å². The molecule has 0 aliphatic heterocycles. The molecule has 2 aromatic rings. The van der Waals surface area contributed by atoms with Crippen molar-refractivity contribution in [3.63, 3.8) is 0 Å². The third-order valence-electron chi connectivity index (χ3n) is 2.21. The Labute approximate surface area is 134 Å². The lowest BCUT2D eigenvalue weighted by Crippen LogP contribution is -1.99. The normalized spacial score (nSPS) is 14.5. The summed E-state index contributed by atoms with van der Waals surface area (Å²) in [5.41, 5.74) is 15.8. The molecule has 0 aliphatic rings. The van der Waals surface area contributed by atoms with Crippen LogP contribution in [0.1, 0.15) is 8.22 Å². The lowest BCUT2D eigenvalue weighted by atomic mass is 10.4. The minimum Gasteiger partial charge on any atom is -0.481 e. The average Bonchev–Trinajstić information content (AvgIpc) is 2.48. The molecule has 2 aromatic heterocycles. The molecule has 0 aromatic carbocycles. The van der Waals surface area contributed by atoms with E-state index in [1.165, 1.54) is 12.1 Å². The summed E-state index contributed by atoms with van der Waals surface area (Å²) in [4.78, 5) is 16.7. The van der Waals surface area contributed by atoms with Crippen LogP contribution in [0.4, 0.5) is 23.0 Å².